The molecule has 0 unspecified atom stereocenters. The highest BCUT2D eigenvalue weighted by atomic mass is 35.5. The summed E-state index contributed by atoms with van der Waals surface area (Å²) in [6, 6.07) is 19.7. The van der Waals surface area contributed by atoms with Gasteiger partial charge in [-0.05, 0) is 48.5 Å². The number of para-hydroxylation sites is 1. The number of hydrogen-bond donors (Lipinski definition) is 3. The van der Waals surface area contributed by atoms with Gasteiger partial charge in [0.05, 0.1) is 23.5 Å². The third kappa shape index (κ3) is 5.63. The molecule has 0 aliphatic carbocycles. The van der Waals surface area contributed by atoms with Gasteiger partial charge in [-0.3, -0.25) is 4.79 Å². The van der Waals surface area contributed by atoms with Crippen LogP contribution < -0.4 is 21.1 Å². The van der Waals surface area contributed by atoms with Gasteiger partial charge >= 0.3 is 0 Å². The average Bonchev–Trinajstić information content (AvgIpc) is 2.72. The molecule has 0 aliphatic rings. The smallest absolute Gasteiger partial charge is 0.253 e. The number of nitrogens with one attached hydrogen (secondary N) is 2. The molecule has 6 nitrogen and oxygen atoms in total. The second kappa shape index (κ2) is 9.82. The van der Waals surface area contributed by atoms with E-state index in [2.05, 4.69) is 10.6 Å². The monoisotopic (exact) mass is 411 g/mol. The fourth-order valence-electron chi connectivity index (χ4n) is 2.67. The van der Waals surface area contributed by atoms with Crippen molar-refractivity contribution < 1.29 is 14.3 Å². The molecular formula is C22H22ClN3O3. The fourth-order valence-corrected chi connectivity index (χ4v) is 2.84. The van der Waals surface area contributed by atoms with Gasteiger partial charge in [-0.15, -0.1) is 0 Å². The van der Waals surface area contributed by atoms with Crippen LogP contribution in [0.4, 0.5) is 17.1 Å². The number of nitrogens with two attached hydrogens (primary N) is 1. The predicted octanol–water partition coefficient (Wildman–Crippen LogP) is 4.83. The summed E-state index contributed by atoms with van der Waals surface area (Å²) in [4.78, 5) is 12.6. The van der Waals surface area contributed by atoms with E-state index in [1.165, 1.54) is 0 Å². The van der Waals surface area contributed by atoms with Gasteiger partial charge in [0.25, 0.3) is 5.91 Å². The Labute approximate surface area is 174 Å². The highest BCUT2D eigenvalue weighted by Gasteiger charge is 2.14. The molecule has 0 bridgehead atoms. The third-order valence-electron chi connectivity index (χ3n) is 4.06. The van der Waals surface area contributed by atoms with Crippen LogP contribution >= 0.6 is 11.6 Å². The molecule has 0 radical (unpaired) electrons. The van der Waals surface area contributed by atoms with Crippen LogP contribution in [0.1, 0.15) is 10.4 Å². The van der Waals surface area contributed by atoms with Crippen LogP contribution in [0.5, 0.6) is 11.5 Å². The Morgan fingerprint density at radius 1 is 1.03 bits per heavy atom. The number of hydrogen-bond acceptors (Lipinski definition) is 5. The summed E-state index contributed by atoms with van der Waals surface area (Å²) in [6.45, 7) is 0.809. The van der Waals surface area contributed by atoms with Crippen LogP contribution in [0, 0.1) is 0 Å². The summed E-state index contributed by atoms with van der Waals surface area (Å²) >= 11 is 6.19. The Morgan fingerprint density at radius 3 is 2.59 bits per heavy atom. The van der Waals surface area contributed by atoms with Gasteiger partial charge in [0.1, 0.15) is 5.75 Å². The second-order valence-corrected chi connectivity index (χ2v) is 6.67. The molecule has 29 heavy (non-hydrogen) atoms. The number of halogens is 1. The molecule has 4 N–H and O–H groups in total. The number of anilines is 3. The summed E-state index contributed by atoms with van der Waals surface area (Å²) in [5, 5.41) is 6.58. The minimum absolute atomic E-state index is 0.260. The minimum Gasteiger partial charge on any atom is -0.455 e. The zero-order valence-electron chi connectivity index (χ0n) is 15.9. The number of amides is 1. The van der Waals surface area contributed by atoms with E-state index in [1.807, 2.05) is 30.3 Å². The van der Waals surface area contributed by atoms with E-state index >= 15 is 0 Å². The lowest BCUT2D eigenvalue weighted by Crippen LogP contribution is -2.27. The van der Waals surface area contributed by atoms with Gasteiger partial charge in [-0.2, -0.15) is 0 Å². The molecule has 0 heterocycles. The van der Waals surface area contributed by atoms with Crippen LogP contribution in [0.25, 0.3) is 0 Å². The highest BCUT2D eigenvalue weighted by molar-refractivity contribution is 6.31. The first-order valence-electron chi connectivity index (χ1n) is 9.03. The van der Waals surface area contributed by atoms with Crippen molar-refractivity contribution in [2.24, 2.45) is 0 Å². The zero-order valence-corrected chi connectivity index (χ0v) is 16.7. The van der Waals surface area contributed by atoms with E-state index in [4.69, 9.17) is 26.8 Å². The number of ether oxygens (including phenoxy) is 2. The Kier molecular flexibility index (Phi) is 6.94. The summed E-state index contributed by atoms with van der Waals surface area (Å²) < 4.78 is 11.0. The Balaban J connectivity index is 1.89. The number of benzene rings is 3. The SMILES string of the molecule is COCCNC(=O)c1cc(N)ccc1Nc1cc(Cl)ccc1Oc1ccccc1. The quantitative estimate of drug-likeness (QED) is 0.365. The van der Waals surface area contributed by atoms with Crippen molar-refractivity contribution in [3.8, 4) is 11.5 Å². The number of rotatable bonds is 8. The van der Waals surface area contributed by atoms with E-state index in [0.29, 0.717) is 52.3 Å². The Hall–Kier alpha value is -3.22. The van der Waals surface area contributed by atoms with E-state index < -0.39 is 0 Å². The molecular weight excluding hydrogens is 390 g/mol. The van der Waals surface area contributed by atoms with Gasteiger partial charge in [0.15, 0.2) is 5.75 Å². The van der Waals surface area contributed by atoms with Gasteiger partial charge in [0.2, 0.25) is 0 Å². The third-order valence-corrected chi connectivity index (χ3v) is 4.30. The molecule has 1 amide bonds. The number of nitrogen functional groups attached to an aromatic ring is 1. The van der Waals surface area contributed by atoms with E-state index in [0.717, 1.165) is 0 Å². The normalized spacial score (nSPS) is 10.4. The number of methoxy groups -OCH3 is 1. The topological polar surface area (TPSA) is 85.6 Å². The predicted molar refractivity (Wildman–Crippen MR) is 116 cm³/mol. The van der Waals surface area contributed by atoms with E-state index in [9.17, 15) is 4.79 Å². The molecule has 150 valence electrons. The van der Waals surface area contributed by atoms with Crippen molar-refractivity contribution in [3.63, 3.8) is 0 Å². The minimum atomic E-state index is -0.260. The molecule has 3 rings (SSSR count). The standard InChI is InChI=1S/C22H22ClN3O3/c1-28-12-11-25-22(27)18-14-16(24)8-9-19(18)26-20-13-15(23)7-10-21(20)29-17-5-3-2-4-6-17/h2-10,13-14,26H,11-12,24H2,1H3,(H,25,27). The average molecular weight is 412 g/mol. The van der Waals surface area contributed by atoms with Gasteiger partial charge in [-0.25, -0.2) is 0 Å². The summed E-state index contributed by atoms with van der Waals surface area (Å²) in [6.07, 6.45) is 0. The summed E-state index contributed by atoms with van der Waals surface area (Å²) in [5.74, 6) is 1.00. The maximum absolute atomic E-state index is 12.6. The molecule has 0 fully saturated rings. The molecule has 0 saturated carbocycles. The lowest BCUT2D eigenvalue weighted by atomic mass is 10.1. The summed E-state index contributed by atoms with van der Waals surface area (Å²) in [7, 11) is 1.58. The van der Waals surface area contributed by atoms with Gasteiger partial charge < -0.3 is 25.8 Å². The lowest BCUT2D eigenvalue weighted by molar-refractivity contribution is 0.0938. The zero-order chi connectivity index (χ0) is 20.6. The van der Waals surface area contributed by atoms with Crippen LogP contribution in [-0.2, 0) is 4.74 Å². The molecule has 0 atom stereocenters. The van der Waals surface area contributed by atoms with Crippen molar-refractivity contribution in [1.82, 2.24) is 5.32 Å². The first-order chi connectivity index (χ1) is 14.1. The lowest BCUT2D eigenvalue weighted by Gasteiger charge is -2.16. The Morgan fingerprint density at radius 2 is 1.83 bits per heavy atom. The Bertz CT molecular complexity index is 980. The van der Waals surface area contributed by atoms with E-state index in [1.54, 1.807) is 43.5 Å². The maximum Gasteiger partial charge on any atom is 0.253 e. The van der Waals surface area contributed by atoms with Crippen molar-refractivity contribution in [1.29, 1.82) is 0 Å². The molecule has 3 aromatic rings. The molecule has 0 aliphatic heterocycles. The van der Waals surface area contributed by atoms with Crippen molar-refractivity contribution in [2.75, 3.05) is 31.3 Å². The molecule has 0 aromatic heterocycles. The molecule has 3 aromatic carbocycles. The van der Waals surface area contributed by atoms with Crippen molar-refractivity contribution in [2.45, 2.75) is 0 Å². The number of carbonyl (C=O) groups is 1. The van der Waals surface area contributed by atoms with Crippen LogP contribution in [0.3, 0.4) is 0 Å². The maximum atomic E-state index is 12.6. The summed E-state index contributed by atoms with van der Waals surface area (Å²) in [5.41, 5.74) is 7.99. The first kappa shape index (κ1) is 20.5. The highest BCUT2D eigenvalue weighted by Crippen LogP contribution is 2.35. The fraction of sp³-hybridized carbons (Fsp3) is 0.136. The van der Waals surface area contributed by atoms with Gasteiger partial charge in [-0.1, -0.05) is 29.8 Å². The van der Waals surface area contributed by atoms with E-state index in [-0.39, 0.29) is 5.91 Å². The van der Waals surface area contributed by atoms with Gasteiger partial charge in [0, 0.05) is 24.4 Å². The van der Waals surface area contributed by atoms with Crippen molar-refractivity contribution >= 4 is 34.6 Å². The first-order valence-corrected chi connectivity index (χ1v) is 9.41. The van der Waals surface area contributed by atoms with Crippen LogP contribution in [0.2, 0.25) is 5.02 Å². The molecule has 0 spiro atoms. The van der Waals surface area contributed by atoms with Crippen LogP contribution in [0.15, 0.2) is 66.7 Å². The van der Waals surface area contributed by atoms with Crippen LogP contribution in [-0.4, -0.2) is 26.2 Å². The molecule has 0 saturated heterocycles. The van der Waals surface area contributed by atoms with Crippen molar-refractivity contribution in [3.05, 3.63) is 77.3 Å². The second-order valence-electron chi connectivity index (χ2n) is 6.23. The largest absolute Gasteiger partial charge is 0.455 e. The number of carbonyl (C=O) groups excluding carboxylic acids is 1. The molecule has 7 heteroatoms.